The summed E-state index contributed by atoms with van der Waals surface area (Å²) in [5.41, 5.74) is 0.0325. The second-order valence-corrected chi connectivity index (χ2v) is 8.84. The van der Waals surface area contributed by atoms with Gasteiger partial charge >= 0.3 is 12.1 Å². The van der Waals surface area contributed by atoms with Gasteiger partial charge in [-0.15, -0.1) is 0 Å². The Morgan fingerprint density at radius 3 is 2.53 bits per heavy atom. The third-order valence-corrected chi connectivity index (χ3v) is 6.95. The Balaban J connectivity index is 1.66. The van der Waals surface area contributed by atoms with Gasteiger partial charge in [-0.1, -0.05) is 19.1 Å². The van der Waals surface area contributed by atoms with Gasteiger partial charge in [0.1, 0.15) is 5.60 Å². The lowest BCUT2D eigenvalue weighted by molar-refractivity contribution is -0.145. The number of carboxylic acid groups (broad SMARTS) is 1. The summed E-state index contributed by atoms with van der Waals surface area (Å²) >= 11 is 0. The summed E-state index contributed by atoms with van der Waals surface area (Å²) < 4.78 is 26.8. The highest BCUT2D eigenvalue weighted by Crippen LogP contribution is 2.51. The van der Waals surface area contributed by atoms with E-state index in [-0.39, 0.29) is 36.6 Å². The number of esters is 1. The molecule has 4 rings (SSSR count). The number of ether oxygens (including phenoxy) is 2. The van der Waals surface area contributed by atoms with Crippen molar-refractivity contribution < 1.29 is 33.7 Å². The number of nitrogens with zero attached hydrogens (tertiary/aromatic N) is 1. The van der Waals surface area contributed by atoms with Crippen LogP contribution in [0.2, 0.25) is 0 Å². The van der Waals surface area contributed by atoms with Crippen LogP contribution in [0.25, 0.3) is 0 Å². The molecule has 2 heterocycles. The first-order valence-corrected chi connectivity index (χ1v) is 10.5. The first-order valence-electron chi connectivity index (χ1n) is 10.5. The van der Waals surface area contributed by atoms with E-state index in [1.807, 2.05) is 0 Å². The minimum Gasteiger partial charge on any atom is -0.484 e. The van der Waals surface area contributed by atoms with Crippen LogP contribution in [0.1, 0.15) is 62.2 Å². The van der Waals surface area contributed by atoms with Crippen molar-refractivity contribution >= 4 is 12.1 Å². The quantitative estimate of drug-likeness (QED) is 0.723. The summed E-state index contributed by atoms with van der Waals surface area (Å²) in [4.78, 5) is 24.7. The van der Waals surface area contributed by atoms with Gasteiger partial charge in [0.15, 0.2) is 11.6 Å². The van der Waals surface area contributed by atoms with E-state index in [0.29, 0.717) is 30.4 Å². The van der Waals surface area contributed by atoms with Crippen LogP contribution in [0.15, 0.2) is 12.1 Å². The number of methoxy groups -OCH3 is 1. The van der Waals surface area contributed by atoms with E-state index in [4.69, 9.17) is 9.47 Å². The number of fused-ring (bicyclic) bond motifs is 1. The number of halogens is 1. The Bertz CT molecular complexity index is 846. The fourth-order valence-electron chi connectivity index (χ4n) is 5.06. The van der Waals surface area contributed by atoms with Crippen LogP contribution >= 0.6 is 0 Å². The number of hydrogen-bond acceptors (Lipinski definition) is 5. The van der Waals surface area contributed by atoms with E-state index < -0.39 is 29.5 Å². The van der Waals surface area contributed by atoms with Crippen molar-refractivity contribution in [2.24, 2.45) is 11.8 Å². The molecule has 3 aliphatic rings. The molecule has 8 heteroatoms. The van der Waals surface area contributed by atoms with Gasteiger partial charge in [-0.25, -0.2) is 9.18 Å². The summed E-state index contributed by atoms with van der Waals surface area (Å²) in [5.74, 6) is -1.45. The lowest BCUT2D eigenvalue weighted by Gasteiger charge is -2.45. The Morgan fingerprint density at radius 2 is 1.97 bits per heavy atom. The number of aliphatic hydroxyl groups is 1. The standard InChI is InChI=1S/C22H28FNO6/c1-12(20(26)29-2)17(13-3-4-13)15-6-5-14-16(25)11-22(30-19(14)18(15)23)7-9-24(10-8-22)21(27)28/h5-6,12-13,16-17,25H,3-4,7-11H2,1-2H3,(H,27,28). The zero-order chi connectivity index (χ0) is 21.6. The van der Waals surface area contributed by atoms with Crippen molar-refractivity contribution in [2.75, 3.05) is 20.2 Å². The van der Waals surface area contributed by atoms with Crippen molar-refractivity contribution in [3.05, 3.63) is 29.1 Å². The summed E-state index contributed by atoms with van der Waals surface area (Å²) in [6.07, 6.45) is 1.08. The summed E-state index contributed by atoms with van der Waals surface area (Å²) in [7, 11) is 1.33. The average molecular weight is 421 g/mol. The molecule has 0 aromatic heterocycles. The lowest BCUT2D eigenvalue weighted by atomic mass is 9.79. The predicted molar refractivity (Wildman–Crippen MR) is 105 cm³/mol. The molecule has 0 radical (unpaired) electrons. The zero-order valence-corrected chi connectivity index (χ0v) is 17.3. The Labute approximate surface area is 174 Å². The highest BCUT2D eigenvalue weighted by molar-refractivity contribution is 5.73. The number of piperidine rings is 1. The summed E-state index contributed by atoms with van der Waals surface area (Å²) in [6, 6.07) is 3.35. The van der Waals surface area contributed by atoms with Gasteiger partial charge in [0.25, 0.3) is 0 Å². The number of amides is 1. The van der Waals surface area contributed by atoms with Gasteiger partial charge in [-0.3, -0.25) is 4.79 Å². The molecule has 1 aromatic rings. The van der Waals surface area contributed by atoms with Crippen LogP contribution in [0.5, 0.6) is 5.75 Å². The fraction of sp³-hybridized carbons (Fsp3) is 0.636. The molecule has 1 saturated heterocycles. The smallest absolute Gasteiger partial charge is 0.407 e. The largest absolute Gasteiger partial charge is 0.484 e. The normalized spacial score (nSPS) is 24.5. The minimum atomic E-state index is -0.987. The third kappa shape index (κ3) is 3.62. The van der Waals surface area contributed by atoms with E-state index >= 15 is 4.39 Å². The highest BCUT2D eigenvalue weighted by Gasteiger charge is 2.46. The fourth-order valence-corrected chi connectivity index (χ4v) is 5.06. The monoisotopic (exact) mass is 421 g/mol. The van der Waals surface area contributed by atoms with Gasteiger partial charge in [0.2, 0.25) is 0 Å². The molecule has 2 N–H and O–H groups in total. The first kappa shape index (κ1) is 20.9. The molecule has 164 valence electrons. The number of carbonyl (C=O) groups is 2. The van der Waals surface area contributed by atoms with Crippen LogP contribution in [0.4, 0.5) is 9.18 Å². The number of carbonyl (C=O) groups excluding carboxylic acids is 1. The van der Waals surface area contributed by atoms with Gasteiger partial charge in [0, 0.05) is 43.8 Å². The molecule has 0 bridgehead atoms. The summed E-state index contributed by atoms with van der Waals surface area (Å²) in [6.45, 7) is 2.32. The molecule has 1 spiro atoms. The molecule has 3 atom stereocenters. The third-order valence-electron chi connectivity index (χ3n) is 6.95. The average Bonchev–Trinajstić information content (AvgIpc) is 3.55. The predicted octanol–water partition coefficient (Wildman–Crippen LogP) is 3.46. The summed E-state index contributed by atoms with van der Waals surface area (Å²) in [5, 5.41) is 19.9. The van der Waals surface area contributed by atoms with E-state index in [1.54, 1.807) is 19.1 Å². The molecule has 1 saturated carbocycles. The van der Waals surface area contributed by atoms with E-state index in [0.717, 1.165) is 12.8 Å². The maximum absolute atomic E-state index is 15.7. The minimum absolute atomic E-state index is 0.0396. The van der Waals surface area contributed by atoms with Gasteiger partial charge in [-0.05, 0) is 24.3 Å². The lowest BCUT2D eigenvalue weighted by Crippen LogP contribution is -2.51. The first-order chi connectivity index (χ1) is 14.3. The Hall–Kier alpha value is -2.35. The number of aliphatic hydroxyl groups excluding tert-OH is 1. The second-order valence-electron chi connectivity index (χ2n) is 8.84. The van der Waals surface area contributed by atoms with Gasteiger partial charge in [-0.2, -0.15) is 0 Å². The number of hydrogen-bond donors (Lipinski definition) is 2. The van der Waals surface area contributed by atoms with E-state index in [2.05, 4.69) is 0 Å². The molecule has 30 heavy (non-hydrogen) atoms. The molecule has 1 aliphatic carbocycles. The molecule has 1 amide bonds. The van der Waals surface area contributed by atoms with Crippen LogP contribution in [-0.4, -0.2) is 53.0 Å². The Kier molecular flexibility index (Phi) is 5.38. The molecule has 3 unspecified atom stereocenters. The van der Waals surface area contributed by atoms with E-state index in [1.165, 1.54) is 12.0 Å². The van der Waals surface area contributed by atoms with Gasteiger partial charge < -0.3 is 24.6 Å². The van der Waals surface area contributed by atoms with Crippen LogP contribution in [-0.2, 0) is 9.53 Å². The topological polar surface area (TPSA) is 96.3 Å². The van der Waals surface area contributed by atoms with Crippen molar-refractivity contribution in [2.45, 2.75) is 56.7 Å². The number of benzene rings is 1. The molecular weight excluding hydrogens is 393 g/mol. The van der Waals surface area contributed by atoms with Crippen molar-refractivity contribution in [1.82, 2.24) is 4.90 Å². The van der Waals surface area contributed by atoms with Crippen molar-refractivity contribution in [3.8, 4) is 5.75 Å². The SMILES string of the molecule is COC(=O)C(C)C(c1ccc2c(c1F)OC1(CCN(C(=O)O)CC1)CC2O)C1CC1. The van der Waals surface area contributed by atoms with Crippen LogP contribution in [0.3, 0.4) is 0 Å². The zero-order valence-electron chi connectivity index (χ0n) is 17.3. The second kappa shape index (κ2) is 7.72. The van der Waals surface area contributed by atoms with Crippen molar-refractivity contribution in [3.63, 3.8) is 0 Å². The molecule has 2 aliphatic heterocycles. The maximum Gasteiger partial charge on any atom is 0.407 e. The number of rotatable bonds is 4. The van der Waals surface area contributed by atoms with Crippen LogP contribution < -0.4 is 4.74 Å². The molecule has 7 nitrogen and oxygen atoms in total. The van der Waals surface area contributed by atoms with Gasteiger partial charge in [0.05, 0.1) is 19.1 Å². The molecule has 2 fully saturated rings. The highest BCUT2D eigenvalue weighted by atomic mass is 19.1. The molecule has 1 aromatic carbocycles. The van der Waals surface area contributed by atoms with E-state index in [9.17, 15) is 19.8 Å². The maximum atomic E-state index is 15.7. The van der Waals surface area contributed by atoms with Crippen LogP contribution in [0, 0.1) is 17.7 Å². The Morgan fingerprint density at radius 1 is 1.30 bits per heavy atom. The van der Waals surface area contributed by atoms with Crippen molar-refractivity contribution in [1.29, 1.82) is 0 Å². The molecular formula is C22H28FNO6. The number of likely N-dealkylation sites (tertiary alicyclic amines) is 1.